The highest BCUT2D eigenvalue weighted by Gasteiger charge is 2.10. The average Bonchev–Trinajstić information content (AvgIpc) is 2.54. The van der Waals surface area contributed by atoms with Crippen molar-refractivity contribution in [2.45, 2.75) is 13.3 Å². The molecule has 1 aromatic carbocycles. The van der Waals surface area contributed by atoms with Gasteiger partial charge < -0.3 is 10.4 Å². The molecule has 2 aromatic rings. The minimum atomic E-state index is -0.256. The molecule has 0 saturated carbocycles. The third-order valence-corrected chi connectivity index (χ3v) is 2.99. The molecule has 0 aliphatic heterocycles. The average molecular weight is 280 g/mol. The lowest BCUT2D eigenvalue weighted by Crippen LogP contribution is -2.13. The number of aryl methyl sites for hydroxylation is 1. The first-order valence-electron chi connectivity index (χ1n) is 6.68. The molecule has 1 amide bonds. The van der Waals surface area contributed by atoms with Crippen LogP contribution in [0.1, 0.15) is 28.4 Å². The number of aliphatic hydroxyl groups excluding tert-OH is 1. The van der Waals surface area contributed by atoms with Gasteiger partial charge in [-0.3, -0.25) is 9.78 Å². The van der Waals surface area contributed by atoms with Crippen molar-refractivity contribution in [2.75, 3.05) is 11.9 Å². The second-order valence-corrected chi connectivity index (χ2v) is 4.39. The summed E-state index contributed by atoms with van der Waals surface area (Å²) in [5.74, 6) is 5.00. The minimum absolute atomic E-state index is 0.246. The van der Waals surface area contributed by atoms with Crippen molar-refractivity contribution in [2.24, 2.45) is 0 Å². The van der Waals surface area contributed by atoms with Gasteiger partial charge >= 0.3 is 0 Å². The number of nitrogens with one attached hydrogen (secondary N) is 1. The molecule has 0 radical (unpaired) electrons. The number of anilines is 1. The molecule has 0 spiro atoms. The maximum Gasteiger partial charge on any atom is 0.257 e. The zero-order valence-electron chi connectivity index (χ0n) is 11.8. The summed E-state index contributed by atoms with van der Waals surface area (Å²) in [7, 11) is 0. The van der Waals surface area contributed by atoms with Gasteiger partial charge in [0.25, 0.3) is 5.91 Å². The Bertz CT molecular complexity index is 682. The molecule has 4 nitrogen and oxygen atoms in total. The topological polar surface area (TPSA) is 62.2 Å². The van der Waals surface area contributed by atoms with Gasteiger partial charge in [0.05, 0.1) is 11.1 Å². The Morgan fingerprint density at radius 1 is 1.29 bits per heavy atom. The van der Waals surface area contributed by atoms with Crippen LogP contribution >= 0.6 is 0 Å². The lowest BCUT2D eigenvalue weighted by Gasteiger charge is -2.07. The highest BCUT2D eigenvalue weighted by molar-refractivity contribution is 6.05. The molecule has 1 aromatic heterocycles. The Labute approximate surface area is 123 Å². The smallest absolute Gasteiger partial charge is 0.257 e. The predicted octanol–water partition coefficient (Wildman–Crippen LogP) is 2.24. The van der Waals surface area contributed by atoms with E-state index < -0.39 is 0 Å². The molecular formula is C17H16N2O2. The van der Waals surface area contributed by atoms with Crippen LogP contribution in [-0.2, 0) is 6.42 Å². The number of rotatable bonds is 3. The molecule has 0 aliphatic carbocycles. The lowest BCUT2D eigenvalue weighted by atomic mass is 10.1. The minimum Gasteiger partial charge on any atom is -0.384 e. The molecule has 0 aliphatic rings. The van der Waals surface area contributed by atoms with Crippen molar-refractivity contribution >= 4 is 11.6 Å². The van der Waals surface area contributed by atoms with Gasteiger partial charge in [0.15, 0.2) is 0 Å². The highest BCUT2D eigenvalue weighted by atomic mass is 16.2. The molecular weight excluding hydrogens is 264 g/mol. The van der Waals surface area contributed by atoms with Gasteiger partial charge in [0.1, 0.15) is 6.61 Å². The maximum absolute atomic E-state index is 12.3. The third-order valence-electron chi connectivity index (χ3n) is 2.99. The van der Waals surface area contributed by atoms with Crippen LogP contribution < -0.4 is 5.32 Å². The number of benzene rings is 1. The Kier molecular flexibility index (Phi) is 5.08. The third kappa shape index (κ3) is 3.91. The van der Waals surface area contributed by atoms with E-state index in [1.165, 1.54) is 11.8 Å². The quantitative estimate of drug-likeness (QED) is 0.848. The number of aliphatic hydroxyl groups is 1. The molecule has 0 fully saturated rings. The Hall–Kier alpha value is -2.64. The Morgan fingerprint density at radius 3 is 2.71 bits per heavy atom. The summed E-state index contributed by atoms with van der Waals surface area (Å²) in [4.78, 5) is 16.2. The number of hydrogen-bond acceptors (Lipinski definition) is 3. The number of nitrogens with zero attached hydrogens (tertiary/aromatic N) is 1. The molecule has 0 atom stereocenters. The van der Waals surface area contributed by atoms with Crippen molar-refractivity contribution in [3.8, 4) is 11.8 Å². The molecule has 106 valence electrons. The van der Waals surface area contributed by atoms with Crippen LogP contribution in [0.15, 0.2) is 42.7 Å². The second-order valence-electron chi connectivity index (χ2n) is 4.39. The van der Waals surface area contributed by atoms with E-state index in [9.17, 15) is 4.79 Å². The summed E-state index contributed by atoms with van der Waals surface area (Å²) in [6, 6.07) is 9.31. The summed E-state index contributed by atoms with van der Waals surface area (Å²) < 4.78 is 0. The van der Waals surface area contributed by atoms with Crippen LogP contribution in [0.5, 0.6) is 0 Å². The number of pyridine rings is 1. The largest absolute Gasteiger partial charge is 0.384 e. The number of carbonyl (C=O) groups is 1. The number of aromatic nitrogens is 1. The second kappa shape index (κ2) is 7.22. The SMILES string of the molecule is CCc1ccc(NC(=O)c2ccncc2C#CCO)cc1. The van der Waals surface area contributed by atoms with E-state index in [-0.39, 0.29) is 12.5 Å². The number of hydrogen-bond donors (Lipinski definition) is 2. The molecule has 1 heterocycles. The summed E-state index contributed by atoms with van der Waals surface area (Å²) >= 11 is 0. The molecule has 0 unspecified atom stereocenters. The number of amides is 1. The van der Waals surface area contributed by atoms with E-state index in [0.717, 1.165) is 12.1 Å². The summed E-state index contributed by atoms with van der Waals surface area (Å²) in [5.41, 5.74) is 2.88. The monoisotopic (exact) mass is 280 g/mol. The Balaban J connectivity index is 2.19. The summed E-state index contributed by atoms with van der Waals surface area (Å²) in [5, 5.41) is 11.6. The van der Waals surface area contributed by atoms with Gasteiger partial charge in [-0.2, -0.15) is 0 Å². The van der Waals surface area contributed by atoms with Crippen LogP contribution in [-0.4, -0.2) is 22.6 Å². The first-order chi connectivity index (χ1) is 10.2. The van der Waals surface area contributed by atoms with Crippen molar-refractivity contribution in [3.63, 3.8) is 0 Å². The molecule has 0 bridgehead atoms. The highest BCUT2D eigenvalue weighted by Crippen LogP contribution is 2.13. The summed E-state index contributed by atoms with van der Waals surface area (Å²) in [6.07, 6.45) is 4.01. The van der Waals surface area contributed by atoms with Gasteiger partial charge in [-0.1, -0.05) is 30.9 Å². The fraction of sp³-hybridized carbons (Fsp3) is 0.176. The first kappa shape index (κ1) is 14.8. The molecule has 2 N–H and O–H groups in total. The van der Waals surface area contributed by atoms with Crippen LogP contribution in [0.25, 0.3) is 0 Å². The van der Waals surface area contributed by atoms with Crippen LogP contribution in [0.4, 0.5) is 5.69 Å². The molecule has 0 saturated heterocycles. The number of carbonyl (C=O) groups excluding carboxylic acids is 1. The van der Waals surface area contributed by atoms with Gasteiger partial charge in [-0.05, 0) is 30.2 Å². The van der Waals surface area contributed by atoms with Gasteiger partial charge in [0, 0.05) is 18.1 Å². The standard InChI is InChI=1S/C17H16N2O2/c1-2-13-5-7-15(8-6-13)19-17(21)16-9-10-18-12-14(16)4-3-11-20/h5-10,12,20H,2,11H2,1H3,(H,19,21). The van der Waals surface area contributed by atoms with Crippen molar-refractivity contribution in [1.82, 2.24) is 4.98 Å². The normalized spacial score (nSPS) is 9.62. The van der Waals surface area contributed by atoms with Crippen LogP contribution in [0.3, 0.4) is 0 Å². The van der Waals surface area contributed by atoms with Crippen molar-refractivity contribution in [1.29, 1.82) is 0 Å². The van der Waals surface area contributed by atoms with E-state index in [1.807, 2.05) is 24.3 Å². The van der Waals surface area contributed by atoms with E-state index in [2.05, 4.69) is 29.1 Å². The van der Waals surface area contributed by atoms with Crippen LogP contribution in [0, 0.1) is 11.8 Å². The van der Waals surface area contributed by atoms with E-state index >= 15 is 0 Å². The first-order valence-corrected chi connectivity index (χ1v) is 6.68. The molecule has 21 heavy (non-hydrogen) atoms. The zero-order chi connectivity index (χ0) is 15.1. The van der Waals surface area contributed by atoms with E-state index in [0.29, 0.717) is 11.1 Å². The maximum atomic E-state index is 12.3. The van der Waals surface area contributed by atoms with Crippen LogP contribution in [0.2, 0.25) is 0 Å². The van der Waals surface area contributed by atoms with E-state index in [1.54, 1.807) is 12.3 Å². The van der Waals surface area contributed by atoms with Crippen molar-refractivity contribution < 1.29 is 9.90 Å². The summed E-state index contributed by atoms with van der Waals surface area (Å²) in [6.45, 7) is 1.82. The fourth-order valence-electron chi connectivity index (χ4n) is 1.85. The zero-order valence-corrected chi connectivity index (χ0v) is 11.8. The molecule has 4 heteroatoms. The van der Waals surface area contributed by atoms with Gasteiger partial charge in [-0.25, -0.2) is 0 Å². The predicted molar refractivity (Wildman–Crippen MR) is 82.0 cm³/mol. The van der Waals surface area contributed by atoms with E-state index in [4.69, 9.17) is 5.11 Å². The van der Waals surface area contributed by atoms with Gasteiger partial charge in [0.2, 0.25) is 0 Å². The van der Waals surface area contributed by atoms with Gasteiger partial charge in [-0.15, -0.1) is 0 Å². The van der Waals surface area contributed by atoms with Crippen molar-refractivity contribution in [3.05, 3.63) is 59.4 Å². The molecule has 2 rings (SSSR count). The fourth-order valence-corrected chi connectivity index (χ4v) is 1.85. The Morgan fingerprint density at radius 2 is 2.05 bits per heavy atom. The lowest BCUT2D eigenvalue weighted by molar-refractivity contribution is 0.102.